The smallest absolute Gasteiger partial charge is 0.0645 e. The summed E-state index contributed by atoms with van der Waals surface area (Å²) in [5.41, 5.74) is 2.42. The second kappa shape index (κ2) is 4.94. The Labute approximate surface area is 96.1 Å². The van der Waals surface area contributed by atoms with Crippen LogP contribution < -0.4 is 5.32 Å². The summed E-state index contributed by atoms with van der Waals surface area (Å²) < 4.78 is 1.87. The lowest BCUT2D eigenvalue weighted by Crippen LogP contribution is -2.15. The summed E-state index contributed by atoms with van der Waals surface area (Å²) in [6.45, 7) is 2.18. The van der Waals surface area contributed by atoms with Crippen LogP contribution in [0.5, 0.6) is 0 Å². The molecular weight excluding hydrogens is 198 g/mol. The fourth-order valence-electron chi connectivity index (χ4n) is 1.89. The Morgan fingerprint density at radius 3 is 2.56 bits per heavy atom. The van der Waals surface area contributed by atoms with Gasteiger partial charge in [0.1, 0.15) is 0 Å². The molecule has 16 heavy (non-hydrogen) atoms. The van der Waals surface area contributed by atoms with E-state index in [0.29, 0.717) is 6.04 Å². The normalized spacial score (nSPS) is 12.6. The van der Waals surface area contributed by atoms with Crippen LogP contribution in [0.3, 0.4) is 0 Å². The van der Waals surface area contributed by atoms with E-state index in [2.05, 4.69) is 41.6 Å². The quantitative estimate of drug-likeness (QED) is 0.849. The van der Waals surface area contributed by atoms with Gasteiger partial charge in [-0.15, -0.1) is 0 Å². The van der Waals surface area contributed by atoms with Crippen LogP contribution in [0.25, 0.3) is 5.69 Å². The molecule has 3 heteroatoms. The summed E-state index contributed by atoms with van der Waals surface area (Å²) >= 11 is 0. The maximum absolute atomic E-state index is 4.20. The molecule has 1 N–H and O–H groups in total. The van der Waals surface area contributed by atoms with E-state index in [-0.39, 0.29) is 0 Å². The second-order valence-electron chi connectivity index (χ2n) is 3.79. The van der Waals surface area contributed by atoms with Gasteiger partial charge in [-0.05, 0) is 37.2 Å². The maximum Gasteiger partial charge on any atom is 0.0645 e. The van der Waals surface area contributed by atoms with Crippen molar-refractivity contribution in [1.82, 2.24) is 15.1 Å². The minimum Gasteiger partial charge on any atom is -0.313 e. The van der Waals surface area contributed by atoms with Crippen molar-refractivity contribution >= 4 is 0 Å². The van der Waals surface area contributed by atoms with E-state index in [1.807, 2.05) is 24.0 Å². The summed E-state index contributed by atoms with van der Waals surface area (Å²) in [7, 11) is 2.00. The molecule has 0 aliphatic heterocycles. The van der Waals surface area contributed by atoms with Gasteiger partial charge in [0.15, 0.2) is 0 Å². The highest BCUT2D eigenvalue weighted by molar-refractivity contribution is 5.34. The molecule has 0 amide bonds. The van der Waals surface area contributed by atoms with Crippen molar-refractivity contribution in [2.24, 2.45) is 0 Å². The molecule has 1 atom stereocenters. The lowest BCUT2D eigenvalue weighted by molar-refractivity contribution is 0.577. The third-order valence-corrected chi connectivity index (χ3v) is 2.82. The summed E-state index contributed by atoms with van der Waals surface area (Å²) in [6.07, 6.45) is 4.83. The second-order valence-corrected chi connectivity index (χ2v) is 3.79. The molecule has 0 saturated carbocycles. The third kappa shape index (κ3) is 2.14. The van der Waals surface area contributed by atoms with Crippen LogP contribution in [0.2, 0.25) is 0 Å². The first-order valence-electron chi connectivity index (χ1n) is 5.62. The van der Waals surface area contributed by atoms with E-state index in [1.54, 1.807) is 6.20 Å². The minimum atomic E-state index is 0.437. The van der Waals surface area contributed by atoms with Crippen LogP contribution >= 0.6 is 0 Å². The number of rotatable bonds is 4. The first kappa shape index (κ1) is 10.9. The van der Waals surface area contributed by atoms with Crippen molar-refractivity contribution < 1.29 is 0 Å². The fraction of sp³-hybridized carbons (Fsp3) is 0.308. The summed E-state index contributed by atoms with van der Waals surface area (Å²) in [6, 6.07) is 10.9. The minimum absolute atomic E-state index is 0.437. The molecule has 1 aromatic carbocycles. The zero-order valence-electron chi connectivity index (χ0n) is 9.72. The van der Waals surface area contributed by atoms with Crippen LogP contribution in [0.4, 0.5) is 0 Å². The molecule has 0 aliphatic carbocycles. The van der Waals surface area contributed by atoms with Crippen LogP contribution in [-0.2, 0) is 0 Å². The van der Waals surface area contributed by atoms with E-state index < -0.39 is 0 Å². The summed E-state index contributed by atoms with van der Waals surface area (Å²) in [4.78, 5) is 0. The summed E-state index contributed by atoms with van der Waals surface area (Å²) in [5.74, 6) is 0. The number of benzene rings is 1. The Kier molecular flexibility index (Phi) is 3.37. The highest BCUT2D eigenvalue weighted by atomic mass is 15.3. The highest BCUT2D eigenvalue weighted by Gasteiger charge is 2.05. The Morgan fingerprint density at radius 2 is 2.06 bits per heavy atom. The van der Waals surface area contributed by atoms with Gasteiger partial charge in [0.25, 0.3) is 0 Å². The van der Waals surface area contributed by atoms with Gasteiger partial charge in [0.05, 0.1) is 5.69 Å². The maximum atomic E-state index is 4.20. The lowest BCUT2D eigenvalue weighted by Gasteiger charge is -2.14. The fourth-order valence-corrected chi connectivity index (χ4v) is 1.89. The Balaban J connectivity index is 2.22. The topological polar surface area (TPSA) is 29.9 Å². The molecule has 0 saturated heterocycles. The number of nitrogens with one attached hydrogen (secondary N) is 1. The van der Waals surface area contributed by atoms with Crippen molar-refractivity contribution in [2.75, 3.05) is 7.05 Å². The van der Waals surface area contributed by atoms with Crippen molar-refractivity contribution in [1.29, 1.82) is 0 Å². The molecule has 1 heterocycles. The van der Waals surface area contributed by atoms with Crippen LogP contribution in [0.1, 0.15) is 24.9 Å². The average molecular weight is 215 g/mol. The first-order valence-corrected chi connectivity index (χ1v) is 5.62. The molecule has 0 spiro atoms. The van der Waals surface area contributed by atoms with E-state index >= 15 is 0 Å². The van der Waals surface area contributed by atoms with E-state index in [1.165, 1.54) is 5.56 Å². The van der Waals surface area contributed by atoms with Gasteiger partial charge in [-0.1, -0.05) is 19.1 Å². The zero-order valence-corrected chi connectivity index (χ0v) is 9.72. The standard InChI is InChI=1S/C13H17N3/c1-3-13(14-2)11-5-7-12(8-6-11)16-10-4-9-15-16/h4-10,13-14H,3H2,1-2H3. The highest BCUT2D eigenvalue weighted by Crippen LogP contribution is 2.17. The molecule has 0 fully saturated rings. The van der Waals surface area contributed by atoms with Crippen molar-refractivity contribution in [3.05, 3.63) is 48.3 Å². The molecule has 1 unspecified atom stereocenters. The number of hydrogen-bond donors (Lipinski definition) is 1. The molecule has 3 nitrogen and oxygen atoms in total. The van der Waals surface area contributed by atoms with Crippen LogP contribution in [0.15, 0.2) is 42.7 Å². The van der Waals surface area contributed by atoms with E-state index in [4.69, 9.17) is 0 Å². The number of aromatic nitrogens is 2. The molecule has 84 valence electrons. The predicted octanol–water partition coefficient (Wildman–Crippen LogP) is 2.54. The van der Waals surface area contributed by atoms with E-state index in [0.717, 1.165) is 12.1 Å². The largest absolute Gasteiger partial charge is 0.313 e. The van der Waals surface area contributed by atoms with Crippen molar-refractivity contribution in [2.45, 2.75) is 19.4 Å². The summed E-state index contributed by atoms with van der Waals surface area (Å²) in [5, 5.41) is 7.50. The Hall–Kier alpha value is -1.61. The SMILES string of the molecule is CCC(NC)c1ccc(-n2cccn2)cc1. The van der Waals surface area contributed by atoms with E-state index in [9.17, 15) is 0 Å². The molecule has 1 aromatic heterocycles. The lowest BCUT2D eigenvalue weighted by atomic mass is 10.0. The molecule has 0 radical (unpaired) electrons. The first-order chi connectivity index (χ1) is 7.85. The van der Waals surface area contributed by atoms with Gasteiger partial charge in [0.2, 0.25) is 0 Å². The molecular formula is C13H17N3. The Morgan fingerprint density at radius 1 is 1.31 bits per heavy atom. The monoisotopic (exact) mass is 215 g/mol. The van der Waals surface area contributed by atoms with Gasteiger partial charge < -0.3 is 5.32 Å². The van der Waals surface area contributed by atoms with Crippen molar-refractivity contribution in [3.63, 3.8) is 0 Å². The number of hydrogen-bond acceptors (Lipinski definition) is 2. The van der Waals surface area contributed by atoms with Crippen molar-refractivity contribution in [3.8, 4) is 5.69 Å². The molecule has 2 rings (SSSR count). The molecule has 2 aromatic rings. The Bertz CT molecular complexity index is 413. The van der Waals surface area contributed by atoms with Gasteiger partial charge in [-0.2, -0.15) is 5.10 Å². The predicted molar refractivity (Wildman–Crippen MR) is 65.7 cm³/mol. The van der Waals surface area contributed by atoms with Crippen LogP contribution in [0, 0.1) is 0 Å². The zero-order chi connectivity index (χ0) is 11.4. The molecule has 0 aliphatic rings. The van der Waals surface area contributed by atoms with Crippen LogP contribution in [-0.4, -0.2) is 16.8 Å². The molecule has 0 bridgehead atoms. The number of nitrogens with zero attached hydrogens (tertiary/aromatic N) is 2. The van der Waals surface area contributed by atoms with Gasteiger partial charge >= 0.3 is 0 Å². The van der Waals surface area contributed by atoms with Gasteiger partial charge in [-0.3, -0.25) is 0 Å². The van der Waals surface area contributed by atoms with Gasteiger partial charge in [-0.25, -0.2) is 4.68 Å². The average Bonchev–Trinajstić information content (AvgIpc) is 2.85. The van der Waals surface area contributed by atoms with Gasteiger partial charge in [0, 0.05) is 18.4 Å². The third-order valence-electron chi connectivity index (χ3n) is 2.82.